The first-order chi connectivity index (χ1) is 7.13. The second-order valence-electron chi connectivity index (χ2n) is 4.24. The van der Waals surface area contributed by atoms with Crippen LogP contribution >= 0.6 is 0 Å². The van der Waals surface area contributed by atoms with Crippen LogP contribution in [0.4, 0.5) is 0 Å². The Morgan fingerprint density at radius 1 is 1.33 bits per heavy atom. The summed E-state index contributed by atoms with van der Waals surface area (Å²) >= 11 is 0. The van der Waals surface area contributed by atoms with Crippen LogP contribution in [-0.2, 0) is 9.59 Å². The van der Waals surface area contributed by atoms with Gasteiger partial charge in [0, 0.05) is 12.3 Å². The van der Waals surface area contributed by atoms with Crippen LogP contribution in [0.2, 0.25) is 0 Å². The van der Waals surface area contributed by atoms with Gasteiger partial charge in [-0.15, -0.1) is 0 Å². The number of carbonyl (C=O) groups excluding carboxylic acids is 2. The summed E-state index contributed by atoms with van der Waals surface area (Å²) in [6.07, 6.45) is 3.18. The maximum atomic E-state index is 11.4. The van der Waals surface area contributed by atoms with Gasteiger partial charge in [0.1, 0.15) is 5.78 Å². The molecule has 4 nitrogen and oxygen atoms in total. The highest BCUT2D eigenvalue weighted by atomic mass is 16.1. The van der Waals surface area contributed by atoms with Gasteiger partial charge in [-0.25, -0.2) is 0 Å². The minimum absolute atomic E-state index is 0.0162. The van der Waals surface area contributed by atoms with E-state index in [2.05, 4.69) is 4.90 Å². The maximum Gasteiger partial charge on any atom is 0.220 e. The highest BCUT2D eigenvalue weighted by Crippen LogP contribution is 2.16. The molecule has 0 aromatic carbocycles. The maximum absolute atomic E-state index is 11.4. The second kappa shape index (κ2) is 5.85. The van der Waals surface area contributed by atoms with Crippen molar-refractivity contribution < 1.29 is 9.59 Å². The van der Waals surface area contributed by atoms with E-state index in [-0.39, 0.29) is 11.8 Å². The number of hydrogen-bond donors (Lipinski definition) is 1. The number of likely N-dealkylation sites (tertiary alicyclic amines) is 1. The van der Waals surface area contributed by atoms with Gasteiger partial charge in [-0.3, -0.25) is 14.5 Å². The van der Waals surface area contributed by atoms with E-state index in [1.165, 1.54) is 0 Å². The molecule has 0 bridgehead atoms. The number of nitrogens with two attached hydrogens (primary N) is 1. The van der Waals surface area contributed by atoms with Crippen molar-refractivity contribution in [1.29, 1.82) is 0 Å². The number of piperidine rings is 1. The molecule has 86 valence electrons. The summed E-state index contributed by atoms with van der Waals surface area (Å²) in [5.41, 5.74) is 5.24. The number of ketones is 1. The molecule has 0 aliphatic carbocycles. The zero-order valence-electron chi connectivity index (χ0n) is 9.37. The van der Waals surface area contributed by atoms with E-state index in [0.29, 0.717) is 18.7 Å². The Morgan fingerprint density at radius 3 is 2.40 bits per heavy atom. The molecule has 0 atom stereocenters. The molecule has 1 rings (SSSR count). The molecule has 1 saturated heterocycles. The van der Waals surface area contributed by atoms with Gasteiger partial charge >= 0.3 is 0 Å². The van der Waals surface area contributed by atoms with Crippen molar-refractivity contribution in [3.63, 3.8) is 0 Å². The predicted octanol–water partition coefficient (Wildman–Crippen LogP) is 0.553. The molecule has 15 heavy (non-hydrogen) atoms. The SMILES string of the molecule is CCCC(=O)CN1CCC(C(N)=O)CC1. The van der Waals surface area contributed by atoms with Crippen LogP contribution in [-0.4, -0.2) is 36.2 Å². The van der Waals surface area contributed by atoms with Crippen molar-refractivity contribution in [3.8, 4) is 0 Å². The molecule has 1 heterocycles. The smallest absolute Gasteiger partial charge is 0.220 e. The quantitative estimate of drug-likeness (QED) is 0.724. The molecule has 1 aliphatic heterocycles. The van der Waals surface area contributed by atoms with Crippen molar-refractivity contribution in [3.05, 3.63) is 0 Å². The van der Waals surface area contributed by atoms with Crippen LogP contribution in [0.25, 0.3) is 0 Å². The number of hydrogen-bond acceptors (Lipinski definition) is 3. The standard InChI is InChI=1S/C11H20N2O2/c1-2-3-10(14)8-13-6-4-9(5-7-13)11(12)15/h9H,2-8H2,1H3,(H2,12,15). The topological polar surface area (TPSA) is 63.4 Å². The lowest BCUT2D eigenvalue weighted by Gasteiger charge is -2.29. The largest absolute Gasteiger partial charge is 0.369 e. The molecule has 0 aromatic heterocycles. The molecule has 0 spiro atoms. The average molecular weight is 212 g/mol. The van der Waals surface area contributed by atoms with E-state index < -0.39 is 0 Å². The van der Waals surface area contributed by atoms with Gasteiger partial charge in [-0.2, -0.15) is 0 Å². The fourth-order valence-corrected chi connectivity index (χ4v) is 1.98. The van der Waals surface area contributed by atoms with Gasteiger partial charge in [-0.05, 0) is 32.4 Å². The summed E-state index contributed by atoms with van der Waals surface area (Å²) in [4.78, 5) is 24.4. The monoisotopic (exact) mass is 212 g/mol. The molecule has 0 unspecified atom stereocenters. The Kier molecular flexibility index (Phi) is 4.75. The molecular weight excluding hydrogens is 192 g/mol. The van der Waals surface area contributed by atoms with Crippen molar-refractivity contribution in [2.45, 2.75) is 32.6 Å². The van der Waals surface area contributed by atoms with E-state index in [0.717, 1.165) is 32.4 Å². The summed E-state index contributed by atoms with van der Waals surface area (Å²) in [6, 6.07) is 0. The summed E-state index contributed by atoms with van der Waals surface area (Å²) in [6.45, 7) is 4.20. The van der Waals surface area contributed by atoms with E-state index in [4.69, 9.17) is 5.73 Å². The fraction of sp³-hybridized carbons (Fsp3) is 0.818. The third kappa shape index (κ3) is 4.00. The van der Waals surface area contributed by atoms with Crippen molar-refractivity contribution in [2.24, 2.45) is 11.7 Å². The van der Waals surface area contributed by atoms with Gasteiger partial charge in [0.05, 0.1) is 6.54 Å². The van der Waals surface area contributed by atoms with Crippen LogP contribution in [0, 0.1) is 5.92 Å². The first-order valence-corrected chi connectivity index (χ1v) is 5.66. The molecule has 1 aliphatic rings. The summed E-state index contributed by atoms with van der Waals surface area (Å²) in [7, 11) is 0. The molecule has 0 aromatic rings. The van der Waals surface area contributed by atoms with E-state index in [9.17, 15) is 9.59 Å². The van der Waals surface area contributed by atoms with Crippen molar-refractivity contribution >= 4 is 11.7 Å². The van der Waals surface area contributed by atoms with Crippen molar-refractivity contribution in [2.75, 3.05) is 19.6 Å². The van der Waals surface area contributed by atoms with E-state index in [1.807, 2.05) is 6.92 Å². The number of rotatable bonds is 5. The zero-order valence-corrected chi connectivity index (χ0v) is 9.37. The summed E-state index contributed by atoms with van der Waals surface area (Å²) < 4.78 is 0. The van der Waals surface area contributed by atoms with E-state index in [1.54, 1.807) is 0 Å². The Labute approximate surface area is 90.8 Å². The third-order valence-electron chi connectivity index (χ3n) is 2.92. The zero-order chi connectivity index (χ0) is 11.3. The lowest BCUT2D eigenvalue weighted by Crippen LogP contribution is -2.40. The molecule has 1 amide bonds. The Hall–Kier alpha value is -0.900. The number of Topliss-reactive ketones (excluding diaryl/α,β-unsaturated/α-hetero) is 1. The minimum Gasteiger partial charge on any atom is -0.369 e. The van der Waals surface area contributed by atoms with E-state index >= 15 is 0 Å². The highest BCUT2D eigenvalue weighted by molar-refractivity contribution is 5.80. The third-order valence-corrected chi connectivity index (χ3v) is 2.92. The first-order valence-electron chi connectivity index (χ1n) is 5.66. The van der Waals surface area contributed by atoms with Gasteiger partial charge in [0.2, 0.25) is 5.91 Å². The summed E-state index contributed by atoms with van der Waals surface area (Å²) in [5.74, 6) is 0.118. The number of carbonyl (C=O) groups is 2. The molecular formula is C11H20N2O2. The number of nitrogens with zero attached hydrogens (tertiary/aromatic N) is 1. The van der Waals surface area contributed by atoms with Crippen molar-refractivity contribution in [1.82, 2.24) is 4.90 Å². The molecule has 4 heteroatoms. The van der Waals surface area contributed by atoms with Gasteiger partial charge in [-0.1, -0.05) is 6.92 Å². The average Bonchev–Trinajstić information content (AvgIpc) is 2.18. The Bertz CT molecular complexity index is 233. The van der Waals surface area contributed by atoms with Crippen LogP contribution < -0.4 is 5.73 Å². The molecule has 1 fully saturated rings. The Balaban J connectivity index is 2.25. The second-order valence-corrected chi connectivity index (χ2v) is 4.24. The van der Waals surface area contributed by atoms with Gasteiger partial charge < -0.3 is 5.73 Å². The van der Waals surface area contributed by atoms with Crippen LogP contribution in [0.15, 0.2) is 0 Å². The minimum atomic E-state index is -0.200. The molecule has 0 saturated carbocycles. The lowest BCUT2D eigenvalue weighted by atomic mass is 9.96. The molecule has 0 radical (unpaired) electrons. The Morgan fingerprint density at radius 2 is 1.93 bits per heavy atom. The summed E-state index contributed by atoms with van der Waals surface area (Å²) in [5, 5.41) is 0. The first kappa shape index (κ1) is 12.2. The number of amides is 1. The lowest BCUT2D eigenvalue weighted by molar-refractivity contribution is -0.123. The van der Waals surface area contributed by atoms with Crippen LogP contribution in [0.5, 0.6) is 0 Å². The van der Waals surface area contributed by atoms with Gasteiger partial charge in [0.25, 0.3) is 0 Å². The fourth-order valence-electron chi connectivity index (χ4n) is 1.98. The predicted molar refractivity (Wildman–Crippen MR) is 58.3 cm³/mol. The van der Waals surface area contributed by atoms with Gasteiger partial charge in [0.15, 0.2) is 0 Å². The number of primary amides is 1. The molecule has 2 N–H and O–H groups in total. The highest BCUT2D eigenvalue weighted by Gasteiger charge is 2.23. The normalized spacial score (nSPS) is 19.0. The van der Waals surface area contributed by atoms with Crippen LogP contribution in [0.1, 0.15) is 32.6 Å². The van der Waals surface area contributed by atoms with Crippen LogP contribution in [0.3, 0.4) is 0 Å².